The Morgan fingerprint density at radius 3 is 2.41 bits per heavy atom. The van der Waals surface area contributed by atoms with Gasteiger partial charge < -0.3 is 19.5 Å². The fourth-order valence-corrected chi connectivity index (χ4v) is 3.20. The fraction of sp³-hybridized carbons (Fsp3) is 0.571. The topological polar surface area (TPSA) is 94.2 Å². The van der Waals surface area contributed by atoms with Gasteiger partial charge in [-0.3, -0.25) is 9.69 Å². The van der Waals surface area contributed by atoms with Gasteiger partial charge in [0.05, 0.1) is 19.8 Å². The molecule has 1 aliphatic rings. The van der Waals surface area contributed by atoms with Crippen LogP contribution in [-0.2, 0) is 19.0 Å². The van der Waals surface area contributed by atoms with Gasteiger partial charge in [0.1, 0.15) is 17.4 Å². The first-order chi connectivity index (χ1) is 13.4. The van der Waals surface area contributed by atoms with Crippen LogP contribution in [0, 0.1) is 0 Å². The Bertz CT molecular complexity index is 741. The molecule has 0 aliphatic carbocycles. The van der Waals surface area contributed by atoms with E-state index in [1.165, 1.54) is 12.0 Å². The van der Waals surface area contributed by atoms with Crippen molar-refractivity contribution in [2.75, 3.05) is 13.7 Å². The molecule has 2 rings (SSSR count). The molecule has 1 heterocycles. The van der Waals surface area contributed by atoms with Crippen LogP contribution in [0.3, 0.4) is 0 Å². The minimum Gasteiger partial charge on any atom is -0.467 e. The largest absolute Gasteiger partial charge is 0.467 e. The maximum atomic E-state index is 12.8. The number of methoxy groups -OCH3 is 1. The quantitative estimate of drug-likeness (QED) is 0.756. The second-order valence-electron chi connectivity index (χ2n) is 8.41. The van der Waals surface area contributed by atoms with Gasteiger partial charge in [-0.1, -0.05) is 18.2 Å². The average Bonchev–Trinajstić information content (AvgIpc) is 2.93. The highest BCUT2D eigenvalue weighted by molar-refractivity contribution is 5.96. The van der Waals surface area contributed by atoms with Crippen molar-refractivity contribution < 1.29 is 28.6 Å². The number of benzene rings is 1. The SMILES string of the molecule is COC(=O)[C@@H](C[C@@H]1COC(C)(C)N1C(=O)OC(C)(C)C)NC(=O)c1ccccc1. The van der Waals surface area contributed by atoms with Crippen LogP contribution in [0.5, 0.6) is 0 Å². The molecule has 8 nitrogen and oxygen atoms in total. The Labute approximate surface area is 171 Å². The summed E-state index contributed by atoms with van der Waals surface area (Å²) in [4.78, 5) is 39.1. The molecule has 2 amide bonds. The number of hydrogen-bond donors (Lipinski definition) is 1. The van der Waals surface area contributed by atoms with Crippen LogP contribution in [0.25, 0.3) is 0 Å². The molecule has 0 unspecified atom stereocenters. The zero-order chi connectivity index (χ0) is 21.8. The van der Waals surface area contributed by atoms with E-state index in [-0.39, 0.29) is 13.0 Å². The maximum Gasteiger partial charge on any atom is 0.412 e. The highest BCUT2D eigenvalue weighted by Crippen LogP contribution is 2.31. The first-order valence-corrected chi connectivity index (χ1v) is 9.54. The van der Waals surface area contributed by atoms with E-state index >= 15 is 0 Å². The number of nitrogens with zero attached hydrogens (tertiary/aromatic N) is 1. The number of carbonyl (C=O) groups excluding carboxylic acids is 3. The third kappa shape index (κ3) is 5.93. The van der Waals surface area contributed by atoms with E-state index in [4.69, 9.17) is 14.2 Å². The van der Waals surface area contributed by atoms with Gasteiger partial charge in [0.15, 0.2) is 0 Å². The fourth-order valence-electron chi connectivity index (χ4n) is 3.20. The number of esters is 1. The van der Waals surface area contributed by atoms with Crippen LogP contribution >= 0.6 is 0 Å². The summed E-state index contributed by atoms with van der Waals surface area (Å²) in [5.74, 6) is -0.994. The molecule has 0 bridgehead atoms. The molecule has 1 aromatic carbocycles. The van der Waals surface area contributed by atoms with E-state index < -0.39 is 41.4 Å². The molecule has 29 heavy (non-hydrogen) atoms. The third-order valence-electron chi connectivity index (χ3n) is 4.50. The van der Waals surface area contributed by atoms with Crippen molar-refractivity contribution in [3.05, 3.63) is 35.9 Å². The van der Waals surface area contributed by atoms with Crippen molar-refractivity contribution >= 4 is 18.0 Å². The Balaban J connectivity index is 2.19. The molecule has 0 radical (unpaired) electrons. The Hall–Kier alpha value is -2.61. The summed E-state index contributed by atoms with van der Waals surface area (Å²) < 4.78 is 16.1. The minimum atomic E-state index is -0.944. The summed E-state index contributed by atoms with van der Waals surface area (Å²) in [5.41, 5.74) is -1.16. The normalized spacial score (nSPS) is 19.4. The van der Waals surface area contributed by atoms with Gasteiger partial charge in [-0.15, -0.1) is 0 Å². The first kappa shape index (κ1) is 22.7. The number of rotatable bonds is 5. The van der Waals surface area contributed by atoms with E-state index in [1.54, 1.807) is 65.0 Å². The Morgan fingerprint density at radius 1 is 1.24 bits per heavy atom. The Kier molecular flexibility index (Phi) is 6.89. The molecule has 1 fully saturated rings. The molecule has 1 aromatic rings. The molecule has 0 spiro atoms. The van der Waals surface area contributed by atoms with E-state index in [0.717, 1.165) is 0 Å². The monoisotopic (exact) mass is 406 g/mol. The summed E-state index contributed by atoms with van der Waals surface area (Å²) in [7, 11) is 1.25. The van der Waals surface area contributed by atoms with Gasteiger partial charge in [-0.05, 0) is 46.8 Å². The number of ether oxygens (including phenoxy) is 3. The highest BCUT2D eigenvalue weighted by atomic mass is 16.6. The number of amides is 2. The maximum absolute atomic E-state index is 12.8. The standard InChI is InChI=1S/C21H30N2O6/c1-20(2,3)29-19(26)23-15(13-28-21(23,4)5)12-16(18(25)27-6)22-17(24)14-10-8-7-9-11-14/h7-11,15-16H,12-13H2,1-6H3,(H,22,24)/t15-,16-/m1/s1. The molecule has 1 N–H and O–H groups in total. The third-order valence-corrected chi connectivity index (χ3v) is 4.50. The second kappa shape index (κ2) is 8.82. The molecule has 2 atom stereocenters. The van der Waals surface area contributed by atoms with Crippen LogP contribution in [0.15, 0.2) is 30.3 Å². The van der Waals surface area contributed by atoms with E-state index in [2.05, 4.69) is 5.32 Å². The second-order valence-corrected chi connectivity index (χ2v) is 8.41. The summed E-state index contributed by atoms with van der Waals surface area (Å²) >= 11 is 0. The lowest BCUT2D eigenvalue weighted by molar-refractivity contribution is -0.143. The molecule has 160 valence electrons. The van der Waals surface area contributed by atoms with E-state index in [1.807, 2.05) is 0 Å². The van der Waals surface area contributed by atoms with Crippen LogP contribution in [-0.4, -0.2) is 60.0 Å². The van der Waals surface area contributed by atoms with Gasteiger partial charge in [-0.25, -0.2) is 9.59 Å². The molecular weight excluding hydrogens is 376 g/mol. The lowest BCUT2D eigenvalue weighted by Gasteiger charge is -2.35. The minimum absolute atomic E-state index is 0.133. The summed E-state index contributed by atoms with van der Waals surface area (Å²) in [6.07, 6.45) is -0.406. The van der Waals surface area contributed by atoms with Gasteiger partial charge >= 0.3 is 12.1 Å². The number of hydrogen-bond acceptors (Lipinski definition) is 6. The summed E-state index contributed by atoms with van der Waals surface area (Å²) in [5, 5.41) is 2.70. The van der Waals surface area contributed by atoms with Gasteiger partial charge in [-0.2, -0.15) is 0 Å². The predicted octanol–water partition coefficient (Wildman–Crippen LogP) is 2.72. The Morgan fingerprint density at radius 2 is 1.86 bits per heavy atom. The van der Waals surface area contributed by atoms with Gasteiger partial charge in [0.25, 0.3) is 5.91 Å². The lowest BCUT2D eigenvalue weighted by Crippen LogP contribution is -2.53. The predicted molar refractivity (Wildman–Crippen MR) is 106 cm³/mol. The van der Waals surface area contributed by atoms with Crippen molar-refractivity contribution in [2.24, 2.45) is 0 Å². The smallest absolute Gasteiger partial charge is 0.412 e. The molecule has 1 saturated heterocycles. The lowest BCUT2D eigenvalue weighted by atomic mass is 10.0. The van der Waals surface area contributed by atoms with E-state index in [9.17, 15) is 14.4 Å². The molecule has 8 heteroatoms. The average molecular weight is 406 g/mol. The summed E-state index contributed by atoms with van der Waals surface area (Å²) in [6.45, 7) is 9.06. The first-order valence-electron chi connectivity index (χ1n) is 9.54. The van der Waals surface area contributed by atoms with Crippen molar-refractivity contribution in [3.63, 3.8) is 0 Å². The van der Waals surface area contributed by atoms with Crippen molar-refractivity contribution in [1.29, 1.82) is 0 Å². The van der Waals surface area contributed by atoms with Gasteiger partial charge in [0.2, 0.25) is 0 Å². The highest BCUT2D eigenvalue weighted by Gasteiger charge is 2.47. The molecule has 0 aromatic heterocycles. The zero-order valence-electron chi connectivity index (χ0n) is 17.9. The number of nitrogens with one attached hydrogen (secondary N) is 1. The summed E-state index contributed by atoms with van der Waals surface area (Å²) in [6, 6.07) is 7.15. The van der Waals surface area contributed by atoms with Crippen molar-refractivity contribution in [1.82, 2.24) is 10.2 Å². The zero-order valence-corrected chi connectivity index (χ0v) is 17.9. The van der Waals surface area contributed by atoms with Crippen LogP contribution < -0.4 is 5.32 Å². The number of carbonyl (C=O) groups is 3. The van der Waals surface area contributed by atoms with E-state index in [0.29, 0.717) is 5.56 Å². The van der Waals surface area contributed by atoms with Crippen LogP contribution in [0.1, 0.15) is 51.4 Å². The van der Waals surface area contributed by atoms with Crippen molar-refractivity contribution in [3.8, 4) is 0 Å². The van der Waals surface area contributed by atoms with Crippen molar-refractivity contribution in [2.45, 2.75) is 64.4 Å². The molecule has 0 saturated carbocycles. The molecular formula is C21H30N2O6. The molecule has 1 aliphatic heterocycles. The van der Waals surface area contributed by atoms with Crippen LogP contribution in [0.2, 0.25) is 0 Å². The van der Waals surface area contributed by atoms with Crippen LogP contribution in [0.4, 0.5) is 4.79 Å². The van der Waals surface area contributed by atoms with Gasteiger partial charge in [0, 0.05) is 12.0 Å².